The number of para-hydroxylation sites is 1. The fraction of sp³-hybridized carbons (Fsp3) is 0.250. The van der Waals surface area contributed by atoms with Gasteiger partial charge in [0, 0.05) is 24.5 Å². The quantitative estimate of drug-likeness (QED) is 0.688. The van der Waals surface area contributed by atoms with Crippen molar-refractivity contribution in [2.45, 2.75) is 23.9 Å². The third-order valence-electron chi connectivity index (χ3n) is 5.16. The van der Waals surface area contributed by atoms with Crippen LogP contribution in [0.2, 0.25) is 0 Å². The Balaban J connectivity index is 1.70. The fourth-order valence-corrected chi connectivity index (χ4v) is 4.98. The summed E-state index contributed by atoms with van der Waals surface area (Å²) in [5, 5.41) is 10.0. The highest BCUT2D eigenvalue weighted by Crippen LogP contribution is 2.36. The molecule has 1 atom stereocenters. The van der Waals surface area contributed by atoms with Crippen molar-refractivity contribution in [3.05, 3.63) is 59.9 Å². The van der Waals surface area contributed by atoms with Gasteiger partial charge in [0.2, 0.25) is 10.0 Å². The van der Waals surface area contributed by atoms with Crippen molar-refractivity contribution in [2.75, 3.05) is 13.7 Å². The lowest BCUT2D eigenvalue weighted by Crippen LogP contribution is -2.45. The number of aromatic nitrogens is 1. The molecular weight excluding hydrogens is 399 g/mol. The lowest BCUT2D eigenvalue weighted by Gasteiger charge is -2.32. The van der Waals surface area contributed by atoms with E-state index in [9.17, 15) is 22.7 Å². The molecule has 3 aromatic rings. The molecule has 0 bridgehead atoms. The van der Waals surface area contributed by atoms with E-state index in [2.05, 4.69) is 0 Å². The van der Waals surface area contributed by atoms with Crippen molar-refractivity contribution in [2.24, 2.45) is 0 Å². The molecule has 7 nitrogen and oxygen atoms in total. The van der Waals surface area contributed by atoms with Crippen LogP contribution < -0.4 is 4.74 Å². The van der Waals surface area contributed by atoms with Crippen molar-refractivity contribution < 1.29 is 27.4 Å². The van der Waals surface area contributed by atoms with Gasteiger partial charge in [0.25, 0.3) is 0 Å². The summed E-state index contributed by atoms with van der Waals surface area (Å²) in [6, 6.07) is 11.5. The van der Waals surface area contributed by atoms with Gasteiger partial charge in [0.15, 0.2) is 5.88 Å². The molecule has 0 spiro atoms. The van der Waals surface area contributed by atoms with Crippen molar-refractivity contribution in [3.63, 3.8) is 0 Å². The molecule has 1 aliphatic rings. The van der Waals surface area contributed by atoms with Gasteiger partial charge < -0.3 is 14.4 Å². The number of hydrogen-bond acceptors (Lipinski definition) is 4. The van der Waals surface area contributed by atoms with Gasteiger partial charge in [0.05, 0.1) is 22.9 Å². The lowest BCUT2D eigenvalue weighted by atomic mass is 10.1. The molecule has 9 heteroatoms. The van der Waals surface area contributed by atoms with Crippen LogP contribution in [0.4, 0.5) is 4.39 Å². The molecule has 0 fully saturated rings. The van der Waals surface area contributed by atoms with Crippen molar-refractivity contribution >= 4 is 26.9 Å². The average Bonchev–Trinajstić information content (AvgIpc) is 3.00. The summed E-state index contributed by atoms with van der Waals surface area (Å²) >= 11 is 0. The first-order valence-corrected chi connectivity index (χ1v) is 10.4. The van der Waals surface area contributed by atoms with Gasteiger partial charge in [0.1, 0.15) is 12.4 Å². The number of sulfonamides is 1. The lowest BCUT2D eigenvalue weighted by molar-refractivity contribution is -0.136. The van der Waals surface area contributed by atoms with Crippen LogP contribution in [0, 0.1) is 5.82 Å². The second-order valence-electron chi connectivity index (χ2n) is 6.92. The van der Waals surface area contributed by atoms with E-state index in [-0.39, 0.29) is 17.9 Å². The Morgan fingerprint density at radius 3 is 2.62 bits per heavy atom. The van der Waals surface area contributed by atoms with E-state index in [1.165, 1.54) is 23.5 Å². The molecule has 4 rings (SSSR count). The monoisotopic (exact) mass is 418 g/mol. The molecule has 0 saturated carbocycles. The van der Waals surface area contributed by atoms with Crippen LogP contribution in [0.5, 0.6) is 5.88 Å². The fourth-order valence-electron chi connectivity index (χ4n) is 3.65. The minimum absolute atomic E-state index is 0.00359. The molecule has 1 aliphatic heterocycles. The maximum atomic E-state index is 13.2. The summed E-state index contributed by atoms with van der Waals surface area (Å²) < 4.78 is 47.9. The number of fused-ring (bicyclic) bond motifs is 3. The molecule has 2 heterocycles. The topological polar surface area (TPSA) is 88.8 Å². The zero-order valence-electron chi connectivity index (χ0n) is 15.6. The number of carbonyl (C=O) groups is 1. The van der Waals surface area contributed by atoms with E-state index < -0.39 is 27.9 Å². The molecule has 0 saturated heterocycles. The second kappa shape index (κ2) is 7.16. The van der Waals surface area contributed by atoms with Crippen LogP contribution in [0.1, 0.15) is 5.56 Å². The van der Waals surface area contributed by atoms with Crippen LogP contribution in [-0.2, 0) is 27.8 Å². The number of likely N-dealkylation sites (N-methyl/N-ethyl adjacent to an activating group) is 1. The van der Waals surface area contributed by atoms with Gasteiger partial charge in [-0.05, 0) is 30.3 Å². The highest BCUT2D eigenvalue weighted by atomic mass is 32.2. The van der Waals surface area contributed by atoms with E-state index in [0.29, 0.717) is 18.0 Å². The summed E-state index contributed by atoms with van der Waals surface area (Å²) in [5.41, 5.74) is 1.37. The molecule has 2 aromatic carbocycles. The molecule has 29 heavy (non-hydrogen) atoms. The predicted octanol–water partition coefficient (Wildman–Crippen LogP) is 2.49. The van der Waals surface area contributed by atoms with Gasteiger partial charge in [-0.3, -0.25) is 4.79 Å². The highest BCUT2D eigenvalue weighted by Gasteiger charge is 2.34. The molecule has 1 unspecified atom stereocenters. The Kier molecular flexibility index (Phi) is 4.79. The van der Waals surface area contributed by atoms with E-state index in [4.69, 9.17) is 4.74 Å². The standard InChI is InChI=1S/C20H19FN2O5S/c1-22(29(26,27)15-8-6-13(21)7-9-15)14-11-23-18-5-3-2-4-16(18)17(10-19(24)25)20(23)28-12-14/h2-9,14H,10-12H2,1H3,(H,24,25). The summed E-state index contributed by atoms with van der Waals surface area (Å²) in [7, 11) is -2.38. The first-order chi connectivity index (χ1) is 13.8. The van der Waals surface area contributed by atoms with Crippen LogP contribution in [-0.4, -0.2) is 48.1 Å². The number of ether oxygens (including phenoxy) is 1. The zero-order chi connectivity index (χ0) is 20.8. The average molecular weight is 418 g/mol. The third kappa shape index (κ3) is 3.36. The van der Waals surface area contributed by atoms with Gasteiger partial charge in [-0.1, -0.05) is 18.2 Å². The van der Waals surface area contributed by atoms with Crippen LogP contribution in [0.3, 0.4) is 0 Å². The second-order valence-corrected chi connectivity index (χ2v) is 8.92. The molecule has 152 valence electrons. The van der Waals surface area contributed by atoms with E-state index in [1.54, 1.807) is 0 Å². The molecule has 0 amide bonds. The molecular formula is C20H19FN2O5S. The smallest absolute Gasteiger partial charge is 0.308 e. The SMILES string of the molecule is CN(C1COc2c(CC(=O)O)c3ccccc3n2C1)S(=O)(=O)c1ccc(F)cc1. The number of aliphatic carboxylic acids is 1. The van der Waals surface area contributed by atoms with Gasteiger partial charge in [-0.25, -0.2) is 12.8 Å². The van der Waals surface area contributed by atoms with Crippen LogP contribution >= 0.6 is 0 Å². The van der Waals surface area contributed by atoms with E-state index >= 15 is 0 Å². The minimum atomic E-state index is -3.84. The first kappa shape index (κ1) is 19.4. The first-order valence-electron chi connectivity index (χ1n) is 8.97. The Hall–Kier alpha value is -2.91. The van der Waals surface area contributed by atoms with E-state index in [1.807, 2.05) is 28.8 Å². The van der Waals surface area contributed by atoms with Crippen LogP contribution in [0.15, 0.2) is 53.4 Å². The molecule has 1 N–H and O–H groups in total. The minimum Gasteiger partial charge on any atom is -0.481 e. The Morgan fingerprint density at radius 1 is 1.24 bits per heavy atom. The van der Waals surface area contributed by atoms with Gasteiger partial charge >= 0.3 is 5.97 Å². The third-order valence-corrected chi connectivity index (χ3v) is 7.09. The normalized spacial score (nSPS) is 16.6. The largest absolute Gasteiger partial charge is 0.481 e. The van der Waals surface area contributed by atoms with Crippen LogP contribution in [0.25, 0.3) is 10.9 Å². The maximum Gasteiger partial charge on any atom is 0.308 e. The predicted molar refractivity (Wildman–Crippen MR) is 104 cm³/mol. The number of halogens is 1. The van der Waals surface area contributed by atoms with Crippen molar-refractivity contribution in [1.29, 1.82) is 0 Å². The number of rotatable bonds is 5. The van der Waals surface area contributed by atoms with Gasteiger partial charge in [-0.15, -0.1) is 0 Å². The highest BCUT2D eigenvalue weighted by molar-refractivity contribution is 7.89. The number of hydrogen-bond donors (Lipinski definition) is 1. The van der Waals surface area contributed by atoms with E-state index in [0.717, 1.165) is 23.0 Å². The van der Waals surface area contributed by atoms with Gasteiger partial charge in [-0.2, -0.15) is 4.31 Å². The summed E-state index contributed by atoms with van der Waals surface area (Å²) in [5.74, 6) is -1.02. The van der Waals surface area contributed by atoms with Crippen molar-refractivity contribution in [1.82, 2.24) is 8.87 Å². The van der Waals surface area contributed by atoms with Crippen molar-refractivity contribution in [3.8, 4) is 5.88 Å². The summed E-state index contributed by atoms with van der Waals surface area (Å²) in [4.78, 5) is 11.3. The number of carboxylic acids is 1. The molecule has 0 aliphatic carbocycles. The summed E-state index contributed by atoms with van der Waals surface area (Å²) in [6.07, 6.45) is -0.183. The number of carboxylic acid groups (broad SMARTS) is 1. The number of benzene rings is 2. The molecule has 0 radical (unpaired) electrons. The Labute approximate surface area is 167 Å². The zero-order valence-corrected chi connectivity index (χ0v) is 16.4. The number of nitrogens with zero attached hydrogens (tertiary/aromatic N) is 2. The summed E-state index contributed by atoms with van der Waals surface area (Å²) in [6.45, 7) is 0.395. The maximum absolute atomic E-state index is 13.2. The molecule has 1 aromatic heterocycles. The Morgan fingerprint density at radius 2 is 1.93 bits per heavy atom. The Bertz CT molecular complexity index is 1190.